The molecule has 0 aliphatic heterocycles. The van der Waals surface area contributed by atoms with Gasteiger partial charge in [-0.15, -0.1) is 0 Å². The van der Waals surface area contributed by atoms with E-state index in [1.165, 1.54) is 12.1 Å². The van der Waals surface area contributed by atoms with Crippen molar-refractivity contribution >= 4 is 93.2 Å². The second-order valence-electron chi connectivity index (χ2n) is 16.7. The molecule has 0 atom stereocenters. The van der Waals surface area contributed by atoms with Gasteiger partial charge in [-0.25, -0.2) is 4.85 Å². The molecule has 308 valence electrons. The van der Waals surface area contributed by atoms with Gasteiger partial charge in [0.2, 0.25) is 0 Å². The van der Waals surface area contributed by atoms with E-state index in [0.29, 0.717) is 22.4 Å². The standard InChI is InChI=1S/C57H32F3N3O2/c1-32-27-34(29-35(28-32)57(58,59)60)33-19-21-37(50(30-33)63-46-16-8-4-14-43(46)54-49(63)26-23-41-39-12-6-10-18-52(39)65-56(41)54)44-31-36(61-2)20-24-47(44)62-45-15-7-3-13-42(45)53-48(62)25-22-40-38-11-5-9-17-51(38)64-55(40)53/h3-31H,1H3. The van der Waals surface area contributed by atoms with Crippen LogP contribution in [0.15, 0.2) is 185 Å². The van der Waals surface area contributed by atoms with Crippen LogP contribution >= 0.6 is 0 Å². The SMILES string of the molecule is [C-]#[N+]c1ccc(-n2c3ccccc3c3c4oc5ccccc5c4ccc32)c(-c2ccc(-c3cc(C)cc(C(F)(F)F)c3)cc2-n2c3ccccc3c3c4oc5ccccc5c4ccc32)c1. The van der Waals surface area contributed by atoms with Crippen molar-refractivity contribution in [1.82, 2.24) is 9.13 Å². The van der Waals surface area contributed by atoms with Gasteiger partial charge in [-0.05, 0) is 108 Å². The molecule has 0 aliphatic rings. The molecule has 9 aromatic carbocycles. The fourth-order valence-electron chi connectivity index (χ4n) is 10.2. The first-order valence-electron chi connectivity index (χ1n) is 21.3. The summed E-state index contributed by atoms with van der Waals surface area (Å²) in [6.45, 7) is 9.91. The average molecular weight is 848 g/mol. The number of para-hydroxylation sites is 4. The van der Waals surface area contributed by atoms with Crippen LogP contribution in [0.4, 0.5) is 18.9 Å². The molecule has 13 aromatic rings. The Kier molecular flexibility index (Phi) is 7.68. The van der Waals surface area contributed by atoms with Gasteiger partial charge in [-0.2, -0.15) is 13.2 Å². The molecule has 0 saturated carbocycles. The average Bonchev–Trinajstić information content (AvgIpc) is 4.08. The third-order valence-corrected chi connectivity index (χ3v) is 13.0. The number of halogens is 3. The lowest BCUT2D eigenvalue weighted by atomic mass is 9.94. The molecule has 0 saturated heterocycles. The number of rotatable bonds is 4. The van der Waals surface area contributed by atoms with Crippen molar-refractivity contribution in [2.45, 2.75) is 13.1 Å². The summed E-state index contributed by atoms with van der Waals surface area (Å²) in [5.74, 6) is 0. The lowest BCUT2D eigenvalue weighted by molar-refractivity contribution is -0.137. The van der Waals surface area contributed by atoms with Gasteiger partial charge >= 0.3 is 6.18 Å². The second kappa shape index (κ2) is 13.5. The quantitative estimate of drug-likeness (QED) is 0.166. The molecular formula is C57H32F3N3O2. The minimum atomic E-state index is -4.53. The smallest absolute Gasteiger partial charge is 0.416 e. The van der Waals surface area contributed by atoms with Gasteiger partial charge in [0, 0.05) is 37.9 Å². The number of hydrogen-bond donors (Lipinski definition) is 0. The molecule has 0 fully saturated rings. The van der Waals surface area contributed by atoms with Crippen LogP contribution < -0.4 is 0 Å². The maximum atomic E-state index is 14.4. The van der Waals surface area contributed by atoms with Crippen LogP contribution in [0.25, 0.3) is 126 Å². The van der Waals surface area contributed by atoms with Gasteiger partial charge in [0.05, 0.1) is 56.3 Å². The number of aromatic nitrogens is 2. The largest absolute Gasteiger partial charge is 0.455 e. The van der Waals surface area contributed by atoms with Crippen LogP contribution in [-0.2, 0) is 6.18 Å². The fourth-order valence-corrected chi connectivity index (χ4v) is 10.2. The first kappa shape index (κ1) is 37.1. The highest BCUT2D eigenvalue weighted by atomic mass is 19.4. The zero-order valence-electron chi connectivity index (χ0n) is 34.5. The predicted octanol–water partition coefficient (Wildman–Crippen LogP) is 16.9. The summed E-state index contributed by atoms with van der Waals surface area (Å²) in [5.41, 5.74) is 11.1. The molecule has 5 nitrogen and oxygen atoms in total. The predicted molar refractivity (Wildman–Crippen MR) is 257 cm³/mol. The molecule has 0 N–H and O–H groups in total. The molecule has 0 radical (unpaired) electrons. The summed E-state index contributed by atoms with van der Waals surface area (Å²) in [5, 5.41) is 7.93. The minimum Gasteiger partial charge on any atom is -0.455 e. The molecular weight excluding hydrogens is 816 g/mol. The lowest BCUT2D eigenvalue weighted by Gasteiger charge is -2.20. The summed E-state index contributed by atoms with van der Waals surface area (Å²) in [6, 6.07) is 56.7. The Morgan fingerprint density at radius 1 is 0.462 bits per heavy atom. The third kappa shape index (κ3) is 5.39. The topological polar surface area (TPSA) is 40.5 Å². The van der Waals surface area contributed by atoms with E-state index in [1.54, 1.807) is 13.0 Å². The molecule has 0 aliphatic carbocycles. The maximum absolute atomic E-state index is 14.4. The zero-order chi connectivity index (χ0) is 43.7. The van der Waals surface area contributed by atoms with E-state index in [1.807, 2.05) is 97.1 Å². The Morgan fingerprint density at radius 2 is 1.02 bits per heavy atom. The van der Waals surface area contributed by atoms with Crippen molar-refractivity contribution in [3.8, 4) is 33.6 Å². The van der Waals surface area contributed by atoms with E-state index >= 15 is 0 Å². The molecule has 8 heteroatoms. The Labute approximate surface area is 368 Å². The van der Waals surface area contributed by atoms with Crippen molar-refractivity contribution < 1.29 is 22.0 Å². The lowest BCUT2D eigenvalue weighted by Crippen LogP contribution is -2.05. The number of hydrogen-bond acceptors (Lipinski definition) is 2. The normalized spacial score (nSPS) is 12.3. The van der Waals surface area contributed by atoms with Crippen LogP contribution in [-0.4, -0.2) is 9.13 Å². The number of aryl methyl sites for hydroxylation is 1. The first-order chi connectivity index (χ1) is 31.7. The Balaban J connectivity index is 1.15. The summed E-state index contributed by atoms with van der Waals surface area (Å²) in [7, 11) is 0. The maximum Gasteiger partial charge on any atom is 0.416 e. The number of fused-ring (bicyclic) bond motifs is 14. The summed E-state index contributed by atoms with van der Waals surface area (Å²) in [4.78, 5) is 3.92. The number of alkyl halides is 3. The first-order valence-corrected chi connectivity index (χ1v) is 21.3. The molecule has 13 rings (SSSR count). The van der Waals surface area contributed by atoms with Crippen molar-refractivity contribution in [3.05, 3.63) is 198 Å². The number of furan rings is 2. The molecule has 4 heterocycles. The summed E-state index contributed by atoms with van der Waals surface area (Å²) in [6.07, 6.45) is -4.53. The van der Waals surface area contributed by atoms with E-state index < -0.39 is 11.7 Å². The van der Waals surface area contributed by atoms with Crippen molar-refractivity contribution in [3.63, 3.8) is 0 Å². The van der Waals surface area contributed by atoms with Gasteiger partial charge in [-0.1, -0.05) is 97.1 Å². The molecule has 0 spiro atoms. The second-order valence-corrected chi connectivity index (χ2v) is 16.7. The van der Waals surface area contributed by atoms with Crippen LogP contribution in [0, 0.1) is 13.5 Å². The zero-order valence-corrected chi connectivity index (χ0v) is 34.5. The van der Waals surface area contributed by atoms with Gasteiger partial charge < -0.3 is 18.0 Å². The molecule has 0 bridgehead atoms. The Hall–Kier alpha value is -8.54. The van der Waals surface area contributed by atoms with Crippen molar-refractivity contribution in [1.29, 1.82) is 0 Å². The molecule has 0 amide bonds. The molecule has 4 aromatic heterocycles. The van der Waals surface area contributed by atoms with Crippen LogP contribution in [0.3, 0.4) is 0 Å². The highest BCUT2D eigenvalue weighted by Crippen LogP contribution is 2.47. The Morgan fingerprint density at radius 3 is 1.60 bits per heavy atom. The highest BCUT2D eigenvalue weighted by Gasteiger charge is 2.31. The van der Waals surface area contributed by atoms with Gasteiger partial charge in [0.15, 0.2) is 5.69 Å². The van der Waals surface area contributed by atoms with Gasteiger partial charge in [0.1, 0.15) is 22.3 Å². The third-order valence-electron chi connectivity index (χ3n) is 13.0. The van der Waals surface area contributed by atoms with Crippen LogP contribution in [0.5, 0.6) is 0 Å². The fraction of sp³-hybridized carbons (Fsp3) is 0.0351. The van der Waals surface area contributed by atoms with Crippen molar-refractivity contribution in [2.75, 3.05) is 0 Å². The van der Waals surface area contributed by atoms with E-state index in [-0.39, 0.29) is 0 Å². The monoisotopic (exact) mass is 847 g/mol. The van der Waals surface area contributed by atoms with E-state index in [9.17, 15) is 13.2 Å². The summed E-state index contributed by atoms with van der Waals surface area (Å²) >= 11 is 0. The molecule has 0 unspecified atom stereocenters. The highest BCUT2D eigenvalue weighted by molar-refractivity contribution is 6.25. The van der Waals surface area contributed by atoms with Gasteiger partial charge in [-0.3, -0.25) is 0 Å². The number of nitrogens with zero attached hydrogens (tertiary/aromatic N) is 3. The minimum absolute atomic E-state index is 0.443. The molecule has 65 heavy (non-hydrogen) atoms. The van der Waals surface area contributed by atoms with E-state index in [0.717, 1.165) is 110 Å². The van der Waals surface area contributed by atoms with E-state index in [2.05, 4.69) is 74.6 Å². The van der Waals surface area contributed by atoms with Crippen LogP contribution in [0.1, 0.15) is 11.1 Å². The number of benzene rings is 9. The Bertz CT molecular complexity index is 4210. The van der Waals surface area contributed by atoms with Crippen LogP contribution in [0.2, 0.25) is 0 Å². The summed E-state index contributed by atoms with van der Waals surface area (Å²) < 4.78 is 60.8. The van der Waals surface area contributed by atoms with E-state index in [4.69, 9.17) is 15.4 Å². The van der Waals surface area contributed by atoms with Crippen molar-refractivity contribution in [2.24, 2.45) is 0 Å². The van der Waals surface area contributed by atoms with Gasteiger partial charge in [0.25, 0.3) is 0 Å².